The van der Waals surface area contributed by atoms with E-state index in [-0.39, 0.29) is 5.92 Å². The van der Waals surface area contributed by atoms with Gasteiger partial charge in [-0.25, -0.2) is 0 Å². The van der Waals surface area contributed by atoms with Crippen LogP contribution in [0.3, 0.4) is 0 Å². The quantitative estimate of drug-likeness (QED) is 0.830. The molecule has 2 nitrogen and oxygen atoms in total. The highest BCUT2D eigenvalue weighted by atomic mass is 32.2. The van der Waals surface area contributed by atoms with E-state index in [9.17, 15) is 4.79 Å². The van der Waals surface area contributed by atoms with E-state index in [0.717, 1.165) is 31.4 Å². The Morgan fingerprint density at radius 1 is 1.22 bits per heavy atom. The minimum atomic E-state index is -0.622. The maximum Gasteiger partial charge on any atom is 0.306 e. The molecule has 18 heavy (non-hydrogen) atoms. The molecule has 1 N–H and O–H groups in total. The van der Waals surface area contributed by atoms with Crippen molar-refractivity contribution in [2.24, 2.45) is 5.92 Å². The molecular weight excluding hydrogens is 244 g/mol. The lowest BCUT2D eigenvalue weighted by atomic mass is 9.79. The molecule has 0 unspecified atom stereocenters. The van der Waals surface area contributed by atoms with E-state index in [4.69, 9.17) is 5.11 Å². The van der Waals surface area contributed by atoms with E-state index in [1.54, 1.807) is 0 Å². The smallest absolute Gasteiger partial charge is 0.306 e. The van der Waals surface area contributed by atoms with Crippen LogP contribution in [-0.2, 0) is 4.79 Å². The molecule has 0 amide bonds. The fourth-order valence-corrected chi connectivity index (χ4v) is 3.34. The predicted molar refractivity (Wildman–Crippen MR) is 75.2 cm³/mol. The minimum absolute atomic E-state index is 0.115. The van der Waals surface area contributed by atoms with Crippen LogP contribution in [0.25, 0.3) is 0 Å². The minimum Gasteiger partial charge on any atom is -0.481 e. The first-order valence-corrected chi connectivity index (χ1v) is 7.64. The summed E-state index contributed by atoms with van der Waals surface area (Å²) in [6.45, 7) is 2.16. The Morgan fingerprint density at radius 2 is 1.83 bits per heavy atom. The molecular formula is C15H20O2S. The highest BCUT2D eigenvalue weighted by Crippen LogP contribution is 2.36. The maximum atomic E-state index is 10.9. The number of carbonyl (C=O) groups is 1. The number of hydrogen-bond acceptors (Lipinski definition) is 2. The summed E-state index contributed by atoms with van der Waals surface area (Å²) in [6, 6.07) is 8.80. The molecule has 1 saturated carbocycles. The van der Waals surface area contributed by atoms with Gasteiger partial charge in [-0.2, -0.15) is 0 Å². The van der Waals surface area contributed by atoms with Gasteiger partial charge in [-0.05, 0) is 55.1 Å². The summed E-state index contributed by atoms with van der Waals surface area (Å²) in [5.74, 6) is 0.920. The molecule has 0 radical (unpaired) electrons. The summed E-state index contributed by atoms with van der Waals surface area (Å²) in [6.07, 6.45) is 3.67. The average Bonchev–Trinajstić information content (AvgIpc) is 2.40. The molecule has 1 aliphatic carbocycles. The number of hydrogen-bond donors (Lipinski definition) is 1. The van der Waals surface area contributed by atoms with E-state index in [2.05, 4.69) is 31.2 Å². The van der Waals surface area contributed by atoms with Crippen molar-refractivity contribution in [3.63, 3.8) is 0 Å². The summed E-state index contributed by atoms with van der Waals surface area (Å²) >= 11 is 1.86. The zero-order valence-electron chi connectivity index (χ0n) is 10.8. The van der Waals surface area contributed by atoms with E-state index in [1.807, 2.05) is 11.8 Å². The van der Waals surface area contributed by atoms with E-state index < -0.39 is 5.97 Å². The van der Waals surface area contributed by atoms with Gasteiger partial charge in [0, 0.05) is 4.90 Å². The lowest BCUT2D eigenvalue weighted by Gasteiger charge is -2.26. The molecule has 3 heteroatoms. The van der Waals surface area contributed by atoms with Gasteiger partial charge in [0.2, 0.25) is 0 Å². The van der Waals surface area contributed by atoms with E-state index in [0.29, 0.717) is 5.92 Å². The molecule has 98 valence electrons. The van der Waals surface area contributed by atoms with Crippen molar-refractivity contribution in [1.82, 2.24) is 0 Å². The zero-order valence-corrected chi connectivity index (χ0v) is 11.6. The van der Waals surface area contributed by atoms with Gasteiger partial charge in [0.1, 0.15) is 0 Å². The van der Waals surface area contributed by atoms with Crippen LogP contribution in [0.1, 0.15) is 44.1 Å². The molecule has 1 aliphatic rings. The number of thioether (sulfide) groups is 1. The summed E-state index contributed by atoms with van der Waals surface area (Å²) in [5, 5.41) is 8.99. The fraction of sp³-hybridized carbons (Fsp3) is 0.533. The van der Waals surface area contributed by atoms with Crippen LogP contribution >= 0.6 is 11.8 Å². The first-order chi connectivity index (χ1) is 8.70. The van der Waals surface area contributed by atoms with Crippen molar-refractivity contribution in [2.45, 2.75) is 43.4 Å². The SMILES string of the molecule is CCSc1ccc(C2CCC(C(=O)O)CC2)cc1. The van der Waals surface area contributed by atoms with E-state index >= 15 is 0 Å². The average molecular weight is 264 g/mol. The molecule has 1 aromatic rings. The van der Waals surface area contributed by atoms with Crippen molar-refractivity contribution >= 4 is 17.7 Å². The summed E-state index contributed by atoms with van der Waals surface area (Å²) < 4.78 is 0. The second kappa shape index (κ2) is 6.28. The molecule has 2 rings (SSSR count). The Bertz CT molecular complexity index is 391. The first kappa shape index (κ1) is 13.5. The van der Waals surface area contributed by atoms with Gasteiger partial charge in [0.25, 0.3) is 0 Å². The summed E-state index contributed by atoms with van der Waals surface area (Å²) in [4.78, 5) is 12.2. The van der Waals surface area contributed by atoms with Gasteiger partial charge in [-0.15, -0.1) is 11.8 Å². The zero-order chi connectivity index (χ0) is 13.0. The van der Waals surface area contributed by atoms with Crippen LogP contribution in [0.15, 0.2) is 29.2 Å². The van der Waals surface area contributed by atoms with Gasteiger partial charge < -0.3 is 5.11 Å². The third kappa shape index (κ3) is 3.29. The van der Waals surface area contributed by atoms with Crippen LogP contribution in [0.5, 0.6) is 0 Å². The topological polar surface area (TPSA) is 37.3 Å². The molecule has 0 bridgehead atoms. The van der Waals surface area contributed by atoms with Gasteiger partial charge in [-0.3, -0.25) is 4.79 Å². The molecule has 0 atom stereocenters. The lowest BCUT2D eigenvalue weighted by molar-refractivity contribution is -0.142. The number of carboxylic acids is 1. The number of rotatable bonds is 4. The largest absolute Gasteiger partial charge is 0.481 e. The Balaban J connectivity index is 1.95. The Morgan fingerprint density at radius 3 is 2.33 bits per heavy atom. The highest BCUT2D eigenvalue weighted by molar-refractivity contribution is 7.99. The van der Waals surface area contributed by atoms with Crippen LogP contribution in [0.2, 0.25) is 0 Å². The molecule has 0 saturated heterocycles. The summed E-state index contributed by atoms with van der Waals surface area (Å²) in [7, 11) is 0. The molecule has 0 aromatic heterocycles. The van der Waals surface area contributed by atoms with E-state index in [1.165, 1.54) is 10.5 Å². The molecule has 1 fully saturated rings. The number of carboxylic acid groups (broad SMARTS) is 1. The van der Waals surface area contributed by atoms with Crippen LogP contribution in [-0.4, -0.2) is 16.8 Å². The monoisotopic (exact) mass is 264 g/mol. The second-order valence-corrected chi connectivity index (χ2v) is 6.23. The third-order valence-corrected chi connectivity index (χ3v) is 4.63. The Labute approximate surface area is 113 Å². The van der Waals surface area contributed by atoms with Crippen molar-refractivity contribution < 1.29 is 9.90 Å². The lowest BCUT2D eigenvalue weighted by Crippen LogP contribution is -2.20. The normalized spacial score (nSPS) is 23.8. The van der Waals surface area contributed by atoms with Crippen molar-refractivity contribution in [2.75, 3.05) is 5.75 Å². The number of benzene rings is 1. The fourth-order valence-electron chi connectivity index (χ4n) is 2.68. The van der Waals surface area contributed by atoms with Gasteiger partial charge in [0.05, 0.1) is 5.92 Å². The molecule has 0 aliphatic heterocycles. The van der Waals surface area contributed by atoms with Crippen LogP contribution in [0, 0.1) is 5.92 Å². The standard InChI is InChI=1S/C15H20O2S/c1-2-18-14-9-7-12(8-10-14)11-3-5-13(6-4-11)15(16)17/h7-11,13H,2-6H2,1H3,(H,16,17). The van der Waals surface area contributed by atoms with Gasteiger partial charge >= 0.3 is 5.97 Å². The number of aliphatic carboxylic acids is 1. The van der Waals surface area contributed by atoms with Crippen molar-refractivity contribution in [1.29, 1.82) is 0 Å². The van der Waals surface area contributed by atoms with Crippen molar-refractivity contribution in [3.05, 3.63) is 29.8 Å². The second-order valence-electron chi connectivity index (χ2n) is 4.89. The van der Waals surface area contributed by atoms with Crippen molar-refractivity contribution in [3.8, 4) is 0 Å². The van der Waals surface area contributed by atoms with Crippen LogP contribution in [0.4, 0.5) is 0 Å². The Kier molecular flexibility index (Phi) is 4.70. The first-order valence-electron chi connectivity index (χ1n) is 6.66. The summed E-state index contributed by atoms with van der Waals surface area (Å²) in [5.41, 5.74) is 1.37. The van der Waals surface area contributed by atoms with Crippen LogP contribution < -0.4 is 0 Å². The Hall–Kier alpha value is -0.960. The molecule has 0 spiro atoms. The van der Waals surface area contributed by atoms with Gasteiger partial charge in [-0.1, -0.05) is 19.1 Å². The predicted octanol–water partition coefficient (Wildman–Crippen LogP) is 4.16. The molecule has 0 heterocycles. The van der Waals surface area contributed by atoms with Gasteiger partial charge in [0.15, 0.2) is 0 Å². The third-order valence-electron chi connectivity index (χ3n) is 3.74. The maximum absolute atomic E-state index is 10.9. The molecule has 1 aromatic carbocycles. The highest BCUT2D eigenvalue weighted by Gasteiger charge is 2.26.